The molecule has 50 heavy (non-hydrogen) atoms. The van der Waals surface area contributed by atoms with Crippen molar-refractivity contribution in [3.8, 4) is 5.75 Å². The molecule has 6 atom stereocenters. The summed E-state index contributed by atoms with van der Waals surface area (Å²) in [4.78, 5) is 66.7. The highest BCUT2D eigenvalue weighted by atomic mass is 16.5. The molecule has 2 N–H and O–H groups in total. The van der Waals surface area contributed by atoms with E-state index in [0.29, 0.717) is 16.7 Å². The minimum Gasteiger partial charge on any atom is -0.511 e. The summed E-state index contributed by atoms with van der Waals surface area (Å²) in [6, 6.07) is 24.4. The number of ether oxygens (including phenoxy) is 5. The van der Waals surface area contributed by atoms with Gasteiger partial charge >= 0.3 is 29.8 Å². The van der Waals surface area contributed by atoms with Crippen molar-refractivity contribution in [1.29, 1.82) is 0 Å². The van der Waals surface area contributed by atoms with Crippen molar-refractivity contribution in [2.24, 2.45) is 23.7 Å². The first-order valence-corrected chi connectivity index (χ1v) is 15.6. The van der Waals surface area contributed by atoms with Crippen LogP contribution in [-0.2, 0) is 42.9 Å². The van der Waals surface area contributed by atoms with E-state index in [9.17, 15) is 34.2 Å². The highest BCUT2D eigenvalue weighted by molar-refractivity contribution is 6.22. The van der Waals surface area contributed by atoms with Crippen LogP contribution in [0.15, 0.2) is 96.3 Å². The SMILES string of the molecule is COC(=O)C1=C(O)C(C(=O)OC)[C@@]2(O)[C@@H](C(=O)OC)C(c3ccc(OC(=O)/C(=C/c4ccccc4)c4ccccc4)cc3)C[C@@H]1[C@@H]2C(=O)OC. The molecular formula is C38H36O12. The van der Waals surface area contributed by atoms with Gasteiger partial charge in [-0.1, -0.05) is 72.8 Å². The molecule has 2 aliphatic rings. The highest BCUT2D eigenvalue weighted by Crippen LogP contribution is 2.60. The summed E-state index contributed by atoms with van der Waals surface area (Å²) in [7, 11) is 4.16. The minimum absolute atomic E-state index is 0.158. The predicted molar refractivity (Wildman–Crippen MR) is 177 cm³/mol. The molecule has 1 fully saturated rings. The van der Waals surface area contributed by atoms with Gasteiger partial charge in [0.2, 0.25) is 0 Å². The van der Waals surface area contributed by atoms with Crippen LogP contribution in [0.2, 0.25) is 0 Å². The molecule has 2 bridgehead atoms. The summed E-state index contributed by atoms with van der Waals surface area (Å²) in [5, 5.41) is 23.8. The maximum Gasteiger partial charge on any atom is 0.344 e. The summed E-state index contributed by atoms with van der Waals surface area (Å²) < 4.78 is 25.6. The van der Waals surface area contributed by atoms with E-state index >= 15 is 0 Å². The van der Waals surface area contributed by atoms with E-state index in [4.69, 9.17) is 23.7 Å². The van der Waals surface area contributed by atoms with E-state index < -0.39 is 76.4 Å². The third-order valence-corrected chi connectivity index (χ3v) is 9.38. The van der Waals surface area contributed by atoms with Crippen molar-refractivity contribution in [2.45, 2.75) is 17.9 Å². The lowest BCUT2D eigenvalue weighted by Crippen LogP contribution is -2.68. The van der Waals surface area contributed by atoms with Gasteiger partial charge in [0.05, 0.1) is 51.4 Å². The number of hydrogen-bond donors (Lipinski definition) is 2. The van der Waals surface area contributed by atoms with Crippen LogP contribution in [0.1, 0.15) is 29.0 Å². The molecule has 3 aromatic carbocycles. The second-order valence-electron chi connectivity index (χ2n) is 11.9. The summed E-state index contributed by atoms with van der Waals surface area (Å²) >= 11 is 0. The number of fused-ring (bicyclic) bond motifs is 2. The number of benzene rings is 3. The van der Waals surface area contributed by atoms with Crippen molar-refractivity contribution < 1.29 is 57.9 Å². The van der Waals surface area contributed by atoms with E-state index in [1.54, 1.807) is 42.5 Å². The Morgan fingerprint density at radius 3 is 1.78 bits per heavy atom. The van der Waals surface area contributed by atoms with Crippen molar-refractivity contribution in [3.63, 3.8) is 0 Å². The fraction of sp³-hybridized carbons (Fsp3) is 0.289. The van der Waals surface area contributed by atoms with Crippen molar-refractivity contribution >= 4 is 41.5 Å². The van der Waals surface area contributed by atoms with Crippen LogP contribution in [0, 0.1) is 23.7 Å². The lowest BCUT2D eigenvalue weighted by molar-refractivity contribution is -0.208. The van der Waals surface area contributed by atoms with Gasteiger partial charge in [-0.15, -0.1) is 0 Å². The second kappa shape index (κ2) is 14.8. The van der Waals surface area contributed by atoms with E-state index in [1.165, 1.54) is 12.1 Å². The Morgan fingerprint density at radius 1 is 0.700 bits per heavy atom. The number of esters is 5. The highest BCUT2D eigenvalue weighted by Gasteiger charge is 2.71. The molecule has 0 aliphatic heterocycles. The number of aliphatic hydroxyl groups excluding tert-OH is 1. The zero-order chi connectivity index (χ0) is 36.2. The van der Waals surface area contributed by atoms with Crippen LogP contribution in [-0.4, -0.2) is 74.1 Å². The first-order chi connectivity index (χ1) is 24.0. The van der Waals surface area contributed by atoms with Crippen LogP contribution in [0.4, 0.5) is 0 Å². The first-order valence-electron chi connectivity index (χ1n) is 15.6. The Hall–Kier alpha value is -5.75. The molecule has 12 nitrogen and oxygen atoms in total. The third kappa shape index (κ3) is 6.37. The number of aliphatic hydroxyl groups is 2. The average Bonchev–Trinajstić information content (AvgIpc) is 3.13. The smallest absolute Gasteiger partial charge is 0.344 e. The quantitative estimate of drug-likeness (QED) is 0.109. The second-order valence-corrected chi connectivity index (χ2v) is 11.9. The number of carbonyl (C=O) groups excluding carboxylic acids is 5. The zero-order valence-corrected chi connectivity index (χ0v) is 27.7. The van der Waals surface area contributed by atoms with Gasteiger partial charge in [0.1, 0.15) is 23.0 Å². The Morgan fingerprint density at radius 2 is 1.24 bits per heavy atom. The lowest BCUT2D eigenvalue weighted by Gasteiger charge is -2.55. The molecule has 0 saturated heterocycles. The average molecular weight is 685 g/mol. The van der Waals surface area contributed by atoms with E-state index in [2.05, 4.69) is 0 Å². The molecule has 0 heterocycles. The Kier molecular flexibility index (Phi) is 10.5. The van der Waals surface area contributed by atoms with Crippen LogP contribution >= 0.6 is 0 Å². The summed E-state index contributed by atoms with van der Waals surface area (Å²) in [6.45, 7) is 0. The number of rotatable bonds is 9. The molecule has 12 heteroatoms. The van der Waals surface area contributed by atoms with Crippen LogP contribution < -0.4 is 4.74 Å². The third-order valence-electron chi connectivity index (χ3n) is 9.38. The Labute approximate surface area is 287 Å². The maximum absolute atomic E-state index is 13.6. The van der Waals surface area contributed by atoms with Gasteiger partial charge < -0.3 is 33.9 Å². The maximum atomic E-state index is 13.6. The van der Waals surface area contributed by atoms with Gasteiger partial charge in [0.15, 0.2) is 0 Å². The number of carbonyl (C=O) groups is 5. The molecule has 0 amide bonds. The van der Waals surface area contributed by atoms with Gasteiger partial charge in [-0.2, -0.15) is 0 Å². The molecule has 2 aliphatic carbocycles. The Balaban J connectivity index is 1.57. The van der Waals surface area contributed by atoms with Crippen LogP contribution in [0.25, 0.3) is 11.6 Å². The van der Waals surface area contributed by atoms with Gasteiger partial charge in [-0.25, -0.2) is 9.59 Å². The molecule has 1 saturated carbocycles. The summed E-state index contributed by atoms with van der Waals surface area (Å²) in [5.74, 6) is -13.3. The predicted octanol–water partition coefficient (Wildman–Crippen LogP) is 4.03. The molecule has 3 aromatic rings. The molecule has 0 radical (unpaired) electrons. The fourth-order valence-electron chi connectivity index (χ4n) is 7.20. The van der Waals surface area contributed by atoms with Gasteiger partial charge in [0, 0.05) is 11.8 Å². The first kappa shape index (κ1) is 35.6. The van der Waals surface area contributed by atoms with Crippen molar-refractivity contribution in [3.05, 3.63) is 113 Å². The molecule has 2 unspecified atom stereocenters. The lowest BCUT2D eigenvalue weighted by atomic mass is 9.49. The number of hydrogen-bond acceptors (Lipinski definition) is 12. The summed E-state index contributed by atoms with van der Waals surface area (Å²) in [5.41, 5.74) is -0.974. The largest absolute Gasteiger partial charge is 0.511 e. The van der Waals surface area contributed by atoms with Crippen LogP contribution in [0.5, 0.6) is 5.75 Å². The van der Waals surface area contributed by atoms with Crippen molar-refractivity contribution in [2.75, 3.05) is 28.4 Å². The standard InChI is InChI=1S/C38H36O12/c1-46-34(41)28-27-20-25(29(35(42)47-2)38(45,30(27)36(43)48-3)31(32(28)39)37(44)49-4)23-15-17-24(18-16-23)50-33(40)26(22-13-9-6-10-14-22)19-21-11-7-5-8-12-21/h5-19,25,27,29-31,39,45H,20H2,1-4H3/b26-19+/t25?,27-,29+,30+,31?,38+/m0/s1. The van der Waals surface area contributed by atoms with E-state index in [1.807, 2.05) is 36.4 Å². The molecular weight excluding hydrogens is 648 g/mol. The number of methoxy groups -OCH3 is 4. The molecule has 0 aromatic heterocycles. The van der Waals surface area contributed by atoms with Gasteiger partial charge in [-0.3, -0.25) is 14.4 Å². The zero-order valence-electron chi connectivity index (χ0n) is 27.7. The minimum atomic E-state index is -2.68. The van der Waals surface area contributed by atoms with E-state index in [-0.39, 0.29) is 12.2 Å². The fourth-order valence-corrected chi connectivity index (χ4v) is 7.20. The normalized spacial score (nSPS) is 24.4. The monoisotopic (exact) mass is 684 g/mol. The van der Waals surface area contributed by atoms with Gasteiger partial charge in [0.25, 0.3) is 0 Å². The van der Waals surface area contributed by atoms with E-state index in [0.717, 1.165) is 34.0 Å². The molecule has 260 valence electrons. The van der Waals surface area contributed by atoms with Crippen LogP contribution in [0.3, 0.4) is 0 Å². The Bertz CT molecular complexity index is 1830. The molecule has 5 rings (SSSR count). The topological polar surface area (TPSA) is 172 Å². The van der Waals surface area contributed by atoms with Crippen molar-refractivity contribution in [1.82, 2.24) is 0 Å². The summed E-state index contributed by atoms with van der Waals surface area (Å²) in [6.07, 6.45) is 1.55. The van der Waals surface area contributed by atoms with Gasteiger partial charge in [-0.05, 0) is 41.3 Å². The molecule has 0 spiro atoms.